The van der Waals surface area contributed by atoms with E-state index in [0.29, 0.717) is 11.6 Å². The van der Waals surface area contributed by atoms with Crippen molar-refractivity contribution in [1.29, 1.82) is 0 Å². The van der Waals surface area contributed by atoms with Crippen LogP contribution in [0.4, 0.5) is 0 Å². The molecule has 0 aliphatic rings. The van der Waals surface area contributed by atoms with E-state index in [-0.39, 0.29) is 0 Å². The molecular formula is C9H21N. The molecule has 10 heavy (non-hydrogen) atoms. The number of rotatable bonds is 4. The minimum Gasteiger partial charge on any atom is -0.309 e. The van der Waals surface area contributed by atoms with Crippen LogP contribution in [0.5, 0.6) is 0 Å². The maximum atomic E-state index is 3.56. The van der Waals surface area contributed by atoms with Crippen LogP contribution in [-0.2, 0) is 0 Å². The Morgan fingerprint density at radius 3 is 1.70 bits per heavy atom. The van der Waals surface area contributed by atoms with E-state index in [0.717, 1.165) is 0 Å². The molecule has 0 aromatic rings. The lowest BCUT2D eigenvalue weighted by Crippen LogP contribution is -2.44. The summed E-state index contributed by atoms with van der Waals surface area (Å²) in [5.41, 5.74) is 0.355. The molecule has 0 saturated carbocycles. The molecule has 1 nitrogen and oxygen atoms in total. The monoisotopic (exact) mass is 143 g/mol. The van der Waals surface area contributed by atoms with Crippen LogP contribution in [0.1, 0.15) is 47.5 Å². The first-order valence-electron chi connectivity index (χ1n) is 4.31. The van der Waals surface area contributed by atoms with Gasteiger partial charge in [-0.3, -0.25) is 0 Å². The summed E-state index contributed by atoms with van der Waals surface area (Å²) in [7, 11) is 0. The summed E-state index contributed by atoms with van der Waals surface area (Å²) >= 11 is 0. The first-order chi connectivity index (χ1) is 4.54. The van der Waals surface area contributed by atoms with E-state index >= 15 is 0 Å². The van der Waals surface area contributed by atoms with Crippen molar-refractivity contribution in [3.63, 3.8) is 0 Å². The number of nitrogens with one attached hydrogen (secondary N) is 1. The normalized spacial score (nSPS) is 12.6. The summed E-state index contributed by atoms with van der Waals surface area (Å²) in [4.78, 5) is 0. The second-order valence-corrected chi connectivity index (χ2v) is 3.57. The molecule has 62 valence electrons. The van der Waals surface area contributed by atoms with Gasteiger partial charge in [0.1, 0.15) is 0 Å². The molecule has 0 aliphatic heterocycles. The Bertz CT molecular complexity index is 82.7. The predicted molar refractivity (Wildman–Crippen MR) is 47.3 cm³/mol. The zero-order chi connectivity index (χ0) is 8.20. The van der Waals surface area contributed by atoms with Crippen LogP contribution < -0.4 is 5.32 Å². The van der Waals surface area contributed by atoms with Crippen LogP contribution in [0, 0.1) is 0 Å². The van der Waals surface area contributed by atoms with E-state index in [1.807, 2.05) is 0 Å². The maximum Gasteiger partial charge on any atom is 0.0150 e. The highest BCUT2D eigenvalue weighted by molar-refractivity contribution is 4.80. The van der Waals surface area contributed by atoms with Crippen LogP contribution in [0.15, 0.2) is 0 Å². The lowest BCUT2D eigenvalue weighted by Gasteiger charge is -2.30. The Morgan fingerprint density at radius 2 is 1.60 bits per heavy atom. The van der Waals surface area contributed by atoms with Gasteiger partial charge in [0.05, 0.1) is 0 Å². The van der Waals surface area contributed by atoms with Gasteiger partial charge in [0.2, 0.25) is 0 Å². The summed E-state index contributed by atoms with van der Waals surface area (Å²) in [6.07, 6.45) is 2.42. The zero-order valence-electron chi connectivity index (χ0n) is 7.99. The zero-order valence-corrected chi connectivity index (χ0v) is 7.99. The third-order valence-corrected chi connectivity index (χ3v) is 2.20. The standard InChI is InChI=1S/C9H21N/c1-6-9(5,7-2)10-8(3)4/h8,10H,6-7H2,1-5H3. The highest BCUT2D eigenvalue weighted by Crippen LogP contribution is 2.13. The van der Waals surface area contributed by atoms with Crippen molar-refractivity contribution in [2.45, 2.75) is 59.0 Å². The second kappa shape index (κ2) is 3.97. The minimum atomic E-state index is 0.355. The molecule has 1 N–H and O–H groups in total. The predicted octanol–water partition coefficient (Wildman–Crippen LogP) is 2.56. The molecule has 0 radical (unpaired) electrons. The lowest BCUT2D eigenvalue weighted by molar-refractivity contribution is 0.305. The van der Waals surface area contributed by atoms with Gasteiger partial charge in [0.15, 0.2) is 0 Å². The van der Waals surface area contributed by atoms with Gasteiger partial charge >= 0.3 is 0 Å². The van der Waals surface area contributed by atoms with Gasteiger partial charge in [0.25, 0.3) is 0 Å². The fourth-order valence-electron chi connectivity index (χ4n) is 1.15. The van der Waals surface area contributed by atoms with Gasteiger partial charge in [-0.15, -0.1) is 0 Å². The maximum absolute atomic E-state index is 3.56. The molecule has 0 saturated heterocycles. The van der Waals surface area contributed by atoms with Gasteiger partial charge in [0, 0.05) is 11.6 Å². The average Bonchev–Trinajstić information content (AvgIpc) is 1.87. The molecular weight excluding hydrogens is 122 g/mol. The van der Waals surface area contributed by atoms with Gasteiger partial charge in [-0.05, 0) is 19.8 Å². The highest BCUT2D eigenvalue weighted by Gasteiger charge is 2.18. The van der Waals surface area contributed by atoms with Crippen LogP contribution in [0.3, 0.4) is 0 Å². The summed E-state index contributed by atoms with van der Waals surface area (Å²) in [6.45, 7) is 11.2. The SMILES string of the molecule is CCC(C)(CC)NC(C)C. The molecule has 1 heteroatoms. The van der Waals surface area contributed by atoms with Crippen LogP contribution >= 0.6 is 0 Å². The van der Waals surface area contributed by atoms with Crippen molar-refractivity contribution in [2.24, 2.45) is 0 Å². The average molecular weight is 143 g/mol. The fraction of sp³-hybridized carbons (Fsp3) is 1.00. The van der Waals surface area contributed by atoms with E-state index in [9.17, 15) is 0 Å². The van der Waals surface area contributed by atoms with Crippen molar-refractivity contribution in [2.75, 3.05) is 0 Å². The van der Waals surface area contributed by atoms with Gasteiger partial charge in [-0.2, -0.15) is 0 Å². The molecule has 0 bridgehead atoms. The van der Waals surface area contributed by atoms with Gasteiger partial charge in [-0.25, -0.2) is 0 Å². The molecule has 0 atom stereocenters. The molecule has 0 aromatic carbocycles. The van der Waals surface area contributed by atoms with E-state index in [4.69, 9.17) is 0 Å². The van der Waals surface area contributed by atoms with Gasteiger partial charge in [-0.1, -0.05) is 27.7 Å². The minimum absolute atomic E-state index is 0.355. The van der Waals surface area contributed by atoms with E-state index in [1.165, 1.54) is 12.8 Å². The first-order valence-corrected chi connectivity index (χ1v) is 4.31. The summed E-state index contributed by atoms with van der Waals surface area (Å²) in [6, 6.07) is 0.602. The van der Waals surface area contributed by atoms with Crippen LogP contribution in [0.25, 0.3) is 0 Å². The van der Waals surface area contributed by atoms with Crippen molar-refractivity contribution in [1.82, 2.24) is 5.32 Å². The number of hydrogen-bond donors (Lipinski definition) is 1. The van der Waals surface area contributed by atoms with Gasteiger partial charge < -0.3 is 5.32 Å². The topological polar surface area (TPSA) is 12.0 Å². The smallest absolute Gasteiger partial charge is 0.0150 e. The Balaban J connectivity index is 3.80. The molecule has 0 heterocycles. The van der Waals surface area contributed by atoms with Crippen LogP contribution in [0.2, 0.25) is 0 Å². The van der Waals surface area contributed by atoms with E-state index in [1.54, 1.807) is 0 Å². The second-order valence-electron chi connectivity index (χ2n) is 3.57. The number of hydrogen-bond acceptors (Lipinski definition) is 1. The largest absolute Gasteiger partial charge is 0.309 e. The Morgan fingerprint density at radius 1 is 1.20 bits per heavy atom. The third kappa shape index (κ3) is 3.21. The Hall–Kier alpha value is -0.0400. The Kier molecular flexibility index (Phi) is 3.95. The van der Waals surface area contributed by atoms with Crippen molar-refractivity contribution in [3.8, 4) is 0 Å². The van der Waals surface area contributed by atoms with Crippen LogP contribution in [-0.4, -0.2) is 11.6 Å². The highest BCUT2D eigenvalue weighted by atomic mass is 15.0. The first kappa shape index (κ1) is 9.96. The molecule has 0 spiro atoms. The van der Waals surface area contributed by atoms with E-state index in [2.05, 4.69) is 39.9 Å². The Labute approximate surface area is 65.2 Å². The van der Waals surface area contributed by atoms with Crippen molar-refractivity contribution >= 4 is 0 Å². The lowest BCUT2D eigenvalue weighted by atomic mass is 9.95. The van der Waals surface area contributed by atoms with Crippen molar-refractivity contribution in [3.05, 3.63) is 0 Å². The van der Waals surface area contributed by atoms with Crippen molar-refractivity contribution < 1.29 is 0 Å². The molecule has 0 aliphatic carbocycles. The third-order valence-electron chi connectivity index (χ3n) is 2.20. The molecule has 0 amide bonds. The molecule has 0 rings (SSSR count). The molecule has 0 fully saturated rings. The van der Waals surface area contributed by atoms with E-state index < -0.39 is 0 Å². The summed E-state index contributed by atoms with van der Waals surface area (Å²) in [5, 5.41) is 3.56. The quantitative estimate of drug-likeness (QED) is 0.637. The summed E-state index contributed by atoms with van der Waals surface area (Å²) in [5.74, 6) is 0. The molecule has 0 unspecified atom stereocenters. The summed E-state index contributed by atoms with van der Waals surface area (Å²) < 4.78 is 0. The molecule has 0 aromatic heterocycles. The fourth-order valence-corrected chi connectivity index (χ4v) is 1.15.